The molecule has 0 saturated carbocycles. The summed E-state index contributed by atoms with van der Waals surface area (Å²) in [5.74, 6) is 0. The van der Waals surface area contributed by atoms with Gasteiger partial charge < -0.3 is 4.90 Å². The zero-order valence-corrected chi connectivity index (χ0v) is 27.8. The molecule has 0 bridgehead atoms. The molecule has 0 spiro atoms. The minimum Gasteiger partial charge on any atom is -0.310 e. The minimum absolute atomic E-state index is 0.155. The van der Waals surface area contributed by atoms with Crippen molar-refractivity contribution < 1.29 is 6.85 Å². The number of anilines is 3. The molecule has 0 radical (unpaired) electrons. The second kappa shape index (κ2) is 13.3. The topological polar surface area (TPSA) is 3.24 Å². The Morgan fingerprint density at radius 3 is 1.69 bits per heavy atom. The van der Waals surface area contributed by atoms with Crippen LogP contribution in [0.4, 0.5) is 17.1 Å². The Morgan fingerprint density at radius 2 is 0.941 bits per heavy atom. The summed E-state index contributed by atoms with van der Waals surface area (Å²) < 4.78 is 44.1. The predicted molar refractivity (Wildman–Crippen MR) is 218 cm³/mol. The van der Waals surface area contributed by atoms with Gasteiger partial charge in [-0.1, -0.05) is 176 Å². The van der Waals surface area contributed by atoms with Gasteiger partial charge in [0.1, 0.15) is 0 Å². The third-order valence-corrected chi connectivity index (χ3v) is 9.53. The molecule has 0 heterocycles. The highest BCUT2D eigenvalue weighted by atomic mass is 15.1. The quantitative estimate of drug-likeness (QED) is 0.155. The minimum atomic E-state index is -0.421. The molecule has 0 fully saturated rings. The normalized spacial score (nSPS) is 12.5. The van der Waals surface area contributed by atoms with E-state index in [1.807, 2.05) is 72.8 Å². The van der Waals surface area contributed by atoms with Crippen LogP contribution >= 0.6 is 0 Å². The molecular formula is C50H35N. The SMILES string of the molecule is [2H]c1c([2H])c([2H])c(-c2cccc(N(c3ccc(-c4ccccc4)cc3)c3cccc(-c4ccccc4)c3)c2-c2cc3ccccc3c3ccccc23)c([2H])c1[2H]. The zero-order chi connectivity index (χ0) is 38.3. The Kier molecular flexibility index (Phi) is 6.60. The van der Waals surface area contributed by atoms with Crippen LogP contribution in [0.2, 0.25) is 0 Å². The van der Waals surface area contributed by atoms with Gasteiger partial charge in [-0.3, -0.25) is 0 Å². The monoisotopic (exact) mass is 654 g/mol. The lowest BCUT2D eigenvalue weighted by Crippen LogP contribution is -2.12. The second-order valence-corrected chi connectivity index (χ2v) is 12.6. The van der Waals surface area contributed by atoms with Crippen molar-refractivity contribution in [3.63, 3.8) is 0 Å². The Morgan fingerprint density at radius 1 is 0.353 bits per heavy atom. The molecule has 9 aromatic rings. The van der Waals surface area contributed by atoms with Crippen LogP contribution in [0.3, 0.4) is 0 Å². The van der Waals surface area contributed by atoms with Gasteiger partial charge in [0.2, 0.25) is 0 Å². The molecule has 9 rings (SSSR count). The maximum atomic E-state index is 9.17. The lowest BCUT2D eigenvalue weighted by molar-refractivity contribution is 1.28. The number of fused-ring (bicyclic) bond motifs is 3. The molecule has 0 N–H and O–H groups in total. The van der Waals surface area contributed by atoms with Gasteiger partial charge in [-0.2, -0.15) is 0 Å². The zero-order valence-electron chi connectivity index (χ0n) is 32.8. The third-order valence-electron chi connectivity index (χ3n) is 9.53. The van der Waals surface area contributed by atoms with Crippen molar-refractivity contribution in [3.8, 4) is 44.5 Å². The Balaban J connectivity index is 1.40. The van der Waals surface area contributed by atoms with Crippen LogP contribution < -0.4 is 4.90 Å². The first-order valence-electron chi connectivity index (χ1n) is 19.6. The molecule has 0 saturated heterocycles. The van der Waals surface area contributed by atoms with E-state index >= 15 is 0 Å². The summed E-state index contributed by atoms with van der Waals surface area (Å²) >= 11 is 0. The van der Waals surface area contributed by atoms with Crippen LogP contribution in [0, 0.1) is 0 Å². The lowest BCUT2D eigenvalue weighted by atomic mass is 9.87. The second-order valence-electron chi connectivity index (χ2n) is 12.6. The number of hydrogen-bond donors (Lipinski definition) is 0. The number of nitrogens with zero attached hydrogens (tertiary/aromatic N) is 1. The standard InChI is InChI=1S/C50H35N/c1-4-16-36(17-5-1)38-30-32-42(33-31-38)51(43-24-14-23-40(34-43)37-18-6-2-7-19-37)49-29-15-28-45(39-20-8-3-9-21-39)50(49)48-35-41-22-10-11-25-44(41)46-26-12-13-27-47(46)48/h1-35H/i3D,8D,9D,20D,21D. The highest BCUT2D eigenvalue weighted by molar-refractivity contribution is 6.16. The number of hydrogen-bond acceptors (Lipinski definition) is 1. The highest BCUT2D eigenvalue weighted by Gasteiger charge is 2.23. The van der Waals surface area contributed by atoms with Crippen molar-refractivity contribution in [1.82, 2.24) is 0 Å². The molecule has 51 heavy (non-hydrogen) atoms. The summed E-state index contributed by atoms with van der Waals surface area (Å²) in [4.78, 5) is 2.22. The van der Waals surface area contributed by atoms with Gasteiger partial charge in [-0.15, -0.1) is 0 Å². The van der Waals surface area contributed by atoms with E-state index in [1.165, 1.54) is 0 Å². The lowest BCUT2D eigenvalue weighted by Gasteiger charge is -2.30. The van der Waals surface area contributed by atoms with Crippen molar-refractivity contribution in [2.75, 3.05) is 4.90 Å². The van der Waals surface area contributed by atoms with Crippen molar-refractivity contribution >= 4 is 38.6 Å². The molecular weight excluding hydrogens is 615 g/mol. The molecule has 1 nitrogen and oxygen atoms in total. The smallest absolute Gasteiger partial charge is 0.0629 e. The average Bonchev–Trinajstić information content (AvgIpc) is 3.26. The Hall–Kier alpha value is -6.70. The van der Waals surface area contributed by atoms with Crippen LogP contribution in [-0.4, -0.2) is 0 Å². The summed E-state index contributed by atoms with van der Waals surface area (Å²) in [6.45, 7) is 0. The first-order chi connectivity index (χ1) is 27.4. The average molecular weight is 655 g/mol. The highest BCUT2D eigenvalue weighted by Crippen LogP contribution is 2.48. The third kappa shape index (κ3) is 5.75. The summed E-state index contributed by atoms with van der Waals surface area (Å²) in [5.41, 5.74) is 9.29. The molecule has 0 unspecified atom stereocenters. The summed E-state index contributed by atoms with van der Waals surface area (Å²) in [6, 6.07) is 60.5. The van der Waals surface area contributed by atoms with Crippen molar-refractivity contribution in [3.05, 3.63) is 212 Å². The maximum Gasteiger partial charge on any atom is 0.0629 e. The van der Waals surface area contributed by atoms with E-state index in [1.54, 1.807) is 0 Å². The molecule has 0 aromatic heterocycles. The summed E-state index contributed by atoms with van der Waals surface area (Å²) in [5, 5.41) is 4.20. The molecule has 240 valence electrons. The van der Waals surface area contributed by atoms with Gasteiger partial charge in [0.25, 0.3) is 0 Å². The number of benzene rings is 9. The van der Waals surface area contributed by atoms with Crippen molar-refractivity contribution in [2.45, 2.75) is 0 Å². The fraction of sp³-hybridized carbons (Fsp3) is 0. The van der Waals surface area contributed by atoms with Crippen LogP contribution in [-0.2, 0) is 0 Å². The fourth-order valence-corrected chi connectivity index (χ4v) is 7.18. The maximum absolute atomic E-state index is 9.17. The van der Waals surface area contributed by atoms with Gasteiger partial charge in [0.15, 0.2) is 0 Å². The van der Waals surface area contributed by atoms with Crippen LogP contribution in [0.25, 0.3) is 66.1 Å². The fourth-order valence-electron chi connectivity index (χ4n) is 7.18. The molecule has 0 aliphatic heterocycles. The van der Waals surface area contributed by atoms with Gasteiger partial charge >= 0.3 is 0 Å². The molecule has 9 aromatic carbocycles. The van der Waals surface area contributed by atoms with Crippen LogP contribution in [0.1, 0.15) is 6.85 Å². The van der Waals surface area contributed by atoms with Crippen LogP contribution in [0.5, 0.6) is 0 Å². The van der Waals surface area contributed by atoms with Gasteiger partial charge in [0, 0.05) is 16.9 Å². The first-order valence-corrected chi connectivity index (χ1v) is 17.1. The summed E-state index contributed by atoms with van der Waals surface area (Å²) in [6.07, 6.45) is 0. The number of rotatable bonds is 7. The first kappa shape index (κ1) is 25.3. The van der Waals surface area contributed by atoms with E-state index in [9.17, 15) is 2.74 Å². The molecule has 1 heteroatoms. The molecule has 0 amide bonds. The van der Waals surface area contributed by atoms with Gasteiger partial charge in [-0.25, -0.2) is 0 Å². The summed E-state index contributed by atoms with van der Waals surface area (Å²) in [7, 11) is 0. The van der Waals surface area contributed by atoms with Gasteiger partial charge in [0.05, 0.1) is 12.5 Å². The molecule has 0 aliphatic rings. The molecule has 0 atom stereocenters. The Bertz CT molecular complexity index is 2880. The van der Waals surface area contributed by atoms with Crippen LogP contribution in [0.15, 0.2) is 212 Å². The largest absolute Gasteiger partial charge is 0.310 e. The van der Waals surface area contributed by atoms with Crippen molar-refractivity contribution in [1.29, 1.82) is 0 Å². The molecule has 0 aliphatic carbocycles. The van der Waals surface area contributed by atoms with E-state index in [-0.39, 0.29) is 29.7 Å². The van der Waals surface area contributed by atoms with Gasteiger partial charge in [-0.05, 0) is 96.9 Å². The van der Waals surface area contributed by atoms with E-state index in [4.69, 9.17) is 4.11 Å². The predicted octanol–water partition coefficient (Wildman–Crippen LogP) is 14.1. The van der Waals surface area contributed by atoms with E-state index < -0.39 is 6.04 Å². The van der Waals surface area contributed by atoms with E-state index in [0.29, 0.717) is 5.56 Å². The van der Waals surface area contributed by atoms with E-state index in [2.05, 4.69) is 114 Å². The Labute approximate surface area is 306 Å². The van der Waals surface area contributed by atoms with Crippen molar-refractivity contribution in [2.24, 2.45) is 0 Å². The van der Waals surface area contributed by atoms with E-state index in [0.717, 1.165) is 72.0 Å².